The molecule has 86 valence electrons. The molecule has 0 aromatic heterocycles. The molecule has 1 atom stereocenters. The lowest BCUT2D eigenvalue weighted by molar-refractivity contribution is -0.128. The molecule has 2 rings (SSSR count). The average molecular weight is 211 g/mol. The predicted octanol–water partition coefficient (Wildman–Crippen LogP) is -0.207. The molecule has 0 aromatic carbocycles. The van der Waals surface area contributed by atoms with Gasteiger partial charge in [0.1, 0.15) is 0 Å². The van der Waals surface area contributed by atoms with Crippen molar-refractivity contribution >= 4 is 5.91 Å². The molecule has 1 saturated heterocycles. The number of nitrogens with zero attached hydrogens (tertiary/aromatic N) is 1. The van der Waals surface area contributed by atoms with E-state index in [0.29, 0.717) is 5.92 Å². The van der Waals surface area contributed by atoms with E-state index >= 15 is 0 Å². The van der Waals surface area contributed by atoms with Crippen LogP contribution in [-0.4, -0.2) is 43.5 Å². The number of likely N-dealkylation sites (tertiary alicyclic amines) is 1. The van der Waals surface area contributed by atoms with Crippen molar-refractivity contribution in [2.75, 3.05) is 32.7 Å². The highest BCUT2D eigenvalue weighted by Gasteiger charge is 2.26. The van der Waals surface area contributed by atoms with Crippen molar-refractivity contribution in [3.63, 3.8) is 0 Å². The van der Waals surface area contributed by atoms with E-state index in [9.17, 15) is 4.79 Å². The van der Waals surface area contributed by atoms with Crippen LogP contribution in [-0.2, 0) is 4.79 Å². The zero-order valence-electron chi connectivity index (χ0n) is 9.24. The maximum absolute atomic E-state index is 11.3. The molecule has 3 N–H and O–H groups in total. The Morgan fingerprint density at radius 2 is 2.00 bits per heavy atom. The van der Waals surface area contributed by atoms with E-state index in [2.05, 4.69) is 5.32 Å². The normalized spacial score (nSPS) is 25.9. The van der Waals surface area contributed by atoms with Gasteiger partial charge < -0.3 is 16.0 Å². The minimum atomic E-state index is 0.0969. The zero-order chi connectivity index (χ0) is 10.7. The maximum Gasteiger partial charge on any atom is 0.236 e. The largest absolute Gasteiger partial charge is 0.341 e. The first kappa shape index (κ1) is 10.9. The fourth-order valence-electron chi connectivity index (χ4n) is 2.17. The van der Waals surface area contributed by atoms with Gasteiger partial charge in [-0.05, 0) is 44.2 Å². The second kappa shape index (κ2) is 4.94. The van der Waals surface area contributed by atoms with Crippen LogP contribution < -0.4 is 11.1 Å². The van der Waals surface area contributed by atoms with Gasteiger partial charge in [-0.15, -0.1) is 0 Å². The highest BCUT2D eigenvalue weighted by molar-refractivity contribution is 5.78. The van der Waals surface area contributed by atoms with Crippen LogP contribution in [0.2, 0.25) is 0 Å². The van der Waals surface area contributed by atoms with Crippen molar-refractivity contribution in [2.45, 2.75) is 19.3 Å². The Balaban J connectivity index is 1.61. The van der Waals surface area contributed by atoms with Gasteiger partial charge >= 0.3 is 0 Å². The first-order valence-corrected chi connectivity index (χ1v) is 5.98. The fourth-order valence-corrected chi connectivity index (χ4v) is 2.17. The van der Waals surface area contributed by atoms with Crippen molar-refractivity contribution in [1.29, 1.82) is 0 Å². The molecule has 2 aliphatic rings. The lowest BCUT2D eigenvalue weighted by Gasteiger charge is -2.15. The van der Waals surface area contributed by atoms with Crippen molar-refractivity contribution in [1.82, 2.24) is 10.2 Å². The molecule has 1 amide bonds. The van der Waals surface area contributed by atoms with E-state index < -0.39 is 0 Å². The number of amides is 1. The molecular formula is C11H21N3O. The van der Waals surface area contributed by atoms with Gasteiger partial charge in [0.25, 0.3) is 0 Å². The summed E-state index contributed by atoms with van der Waals surface area (Å²) in [6.07, 6.45) is 3.92. The first-order chi connectivity index (χ1) is 7.29. The molecular weight excluding hydrogens is 190 g/mol. The second-order valence-electron chi connectivity index (χ2n) is 4.80. The van der Waals surface area contributed by atoms with Crippen molar-refractivity contribution in [3.05, 3.63) is 0 Å². The van der Waals surface area contributed by atoms with Gasteiger partial charge in [-0.1, -0.05) is 0 Å². The molecule has 1 aliphatic heterocycles. The number of hydrogen-bond donors (Lipinski definition) is 2. The van der Waals surface area contributed by atoms with E-state index in [0.717, 1.165) is 32.0 Å². The van der Waals surface area contributed by atoms with Gasteiger partial charge in [-0.2, -0.15) is 0 Å². The summed E-state index contributed by atoms with van der Waals surface area (Å²) < 4.78 is 0. The van der Waals surface area contributed by atoms with E-state index in [4.69, 9.17) is 5.73 Å². The quantitative estimate of drug-likeness (QED) is 0.662. The maximum atomic E-state index is 11.3. The first-order valence-electron chi connectivity index (χ1n) is 5.98. The van der Waals surface area contributed by atoms with Crippen LogP contribution in [0.1, 0.15) is 19.3 Å². The number of carbonyl (C=O) groups excluding carboxylic acids is 1. The summed E-state index contributed by atoms with van der Waals surface area (Å²) in [6, 6.07) is 0. The van der Waals surface area contributed by atoms with E-state index in [1.54, 1.807) is 0 Å². The summed E-state index contributed by atoms with van der Waals surface area (Å²) in [4.78, 5) is 13.2. The van der Waals surface area contributed by atoms with E-state index in [1.165, 1.54) is 19.4 Å². The molecule has 0 radical (unpaired) electrons. The van der Waals surface area contributed by atoms with Gasteiger partial charge in [0, 0.05) is 13.1 Å². The summed E-state index contributed by atoms with van der Waals surface area (Å²) in [6.45, 7) is 4.17. The SMILES string of the molecule is NCC(=O)N1CCC(CNCC2CC2)C1. The van der Waals surface area contributed by atoms with E-state index in [1.807, 2.05) is 4.90 Å². The van der Waals surface area contributed by atoms with Crippen LogP contribution >= 0.6 is 0 Å². The molecule has 0 spiro atoms. The zero-order valence-corrected chi connectivity index (χ0v) is 9.24. The summed E-state index contributed by atoms with van der Waals surface area (Å²) >= 11 is 0. The van der Waals surface area contributed by atoms with Crippen molar-refractivity contribution in [3.8, 4) is 0 Å². The molecule has 0 aromatic rings. The number of carbonyl (C=O) groups is 1. The highest BCUT2D eigenvalue weighted by atomic mass is 16.2. The Bertz CT molecular complexity index is 228. The third-order valence-corrected chi connectivity index (χ3v) is 3.38. The number of nitrogens with two attached hydrogens (primary N) is 1. The van der Waals surface area contributed by atoms with Crippen molar-refractivity contribution < 1.29 is 4.79 Å². The number of hydrogen-bond acceptors (Lipinski definition) is 3. The average Bonchev–Trinajstić information content (AvgIpc) is 2.94. The Labute approximate surface area is 91.2 Å². The minimum absolute atomic E-state index is 0.0969. The Morgan fingerprint density at radius 1 is 1.27 bits per heavy atom. The van der Waals surface area contributed by atoms with Crippen LogP contribution in [0.3, 0.4) is 0 Å². The van der Waals surface area contributed by atoms with Crippen LogP contribution in [0.4, 0.5) is 0 Å². The summed E-state index contributed by atoms with van der Waals surface area (Å²) in [5, 5.41) is 3.50. The summed E-state index contributed by atoms with van der Waals surface area (Å²) in [5.74, 6) is 1.67. The van der Waals surface area contributed by atoms with E-state index in [-0.39, 0.29) is 12.5 Å². The smallest absolute Gasteiger partial charge is 0.236 e. The molecule has 1 saturated carbocycles. The summed E-state index contributed by atoms with van der Waals surface area (Å²) in [5.41, 5.74) is 5.34. The highest BCUT2D eigenvalue weighted by Crippen LogP contribution is 2.27. The second-order valence-corrected chi connectivity index (χ2v) is 4.80. The third-order valence-electron chi connectivity index (χ3n) is 3.38. The predicted molar refractivity (Wildman–Crippen MR) is 59.3 cm³/mol. The molecule has 15 heavy (non-hydrogen) atoms. The van der Waals surface area contributed by atoms with Gasteiger partial charge in [0.15, 0.2) is 0 Å². The summed E-state index contributed by atoms with van der Waals surface area (Å²) in [7, 11) is 0. The monoisotopic (exact) mass is 211 g/mol. The minimum Gasteiger partial charge on any atom is -0.341 e. The molecule has 4 nitrogen and oxygen atoms in total. The Kier molecular flexibility index (Phi) is 3.59. The van der Waals surface area contributed by atoms with Crippen LogP contribution in [0, 0.1) is 11.8 Å². The number of nitrogens with one attached hydrogen (secondary N) is 1. The lowest BCUT2D eigenvalue weighted by atomic mass is 10.1. The van der Waals surface area contributed by atoms with Crippen LogP contribution in [0.15, 0.2) is 0 Å². The Hall–Kier alpha value is -0.610. The molecule has 4 heteroatoms. The standard InChI is InChI=1S/C11H21N3O/c12-5-11(15)14-4-3-10(8-14)7-13-6-9-1-2-9/h9-10,13H,1-8,12H2. The Morgan fingerprint density at radius 3 is 2.67 bits per heavy atom. The van der Waals surface area contributed by atoms with Crippen molar-refractivity contribution in [2.24, 2.45) is 17.6 Å². The molecule has 1 heterocycles. The van der Waals surface area contributed by atoms with Gasteiger partial charge in [0.05, 0.1) is 6.54 Å². The number of rotatable bonds is 5. The molecule has 1 aliphatic carbocycles. The van der Waals surface area contributed by atoms with Gasteiger partial charge in [0.2, 0.25) is 5.91 Å². The third kappa shape index (κ3) is 3.18. The van der Waals surface area contributed by atoms with Gasteiger partial charge in [-0.25, -0.2) is 0 Å². The topological polar surface area (TPSA) is 58.4 Å². The fraction of sp³-hybridized carbons (Fsp3) is 0.909. The lowest BCUT2D eigenvalue weighted by Crippen LogP contribution is -2.35. The molecule has 2 fully saturated rings. The van der Waals surface area contributed by atoms with Crippen LogP contribution in [0.5, 0.6) is 0 Å². The molecule has 0 bridgehead atoms. The van der Waals surface area contributed by atoms with Gasteiger partial charge in [-0.3, -0.25) is 4.79 Å². The molecule has 1 unspecified atom stereocenters. The van der Waals surface area contributed by atoms with Crippen LogP contribution in [0.25, 0.3) is 0 Å².